The molecule has 0 spiro atoms. The van der Waals surface area contributed by atoms with Crippen molar-refractivity contribution >= 4 is 17.0 Å². The van der Waals surface area contributed by atoms with Gasteiger partial charge < -0.3 is 4.42 Å². The molecule has 1 heterocycles. The molecule has 0 saturated heterocycles. The summed E-state index contributed by atoms with van der Waals surface area (Å²) in [6.07, 6.45) is 0. The number of hydrogen-bond donors (Lipinski definition) is 2. The number of carbonyl (C=O) groups excluding carboxylic acids is 1. The van der Waals surface area contributed by atoms with Crippen LogP contribution in [0.15, 0.2) is 52.9 Å². The molecular weight excluding hydrogens is 244 g/mol. The average Bonchev–Trinajstić information content (AvgIpc) is 2.90. The van der Waals surface area contributed by atoms with E-state index in [0.29, 0.717) is 22.6 Å². The summed E-state index contributed by atoms with van der Waals surface area (Å²) < 4.78 is 5.62. The Morgan fingerprint density at radius 1 is 1.16 bits per heavy atom. The van der Waals surface area contributed by atoms with Gasteiger partial charge in [0.2, 0.25) is 5.89 Å². The van der Waals surface area contributed by atoms with Gasteiger partial charge in [0, 0.05) is 11.1 Å². The molecule has 0 fully saturated rings. The van der Waals surface area contributed by atoms with E-state index in [0.717, 1.165) is 5.56 Å². The Morgan fingerprint density at radius 2 is 1.95 bits per heavy atom. The number of aromatic nitrogens is 1. The minimum Gasteiger partial charge on any atom is -0.436 e. The van der Waals surface area contributed by atoms with Crippen LogP contribution >= 0.6 is 0 Å². The van der Waals surface area contributed by atoms with Crippen molar-refractivity contribution in [1.29, 1.82) is 0 Å². The van der Waals surface area contributed by atoms with Crippen LogP contribution in [0.5, 0.6) is 0 Å². The zero-order valence-corrected chi connectivity index (χ0v) is 9.83. The highest BCUT2D eigenvalue weighted by atomic mass is 16.5. The van der Waals surface area contributed by atoms with Crippen LogP contribution in [0.1, 0.15) is 10.4 Å². The Hall–Kier alpha value is -2.66. The zero-order valence-electron chi connectivity index (χ0n) is 9.83. The van der Waals surface area contributed by atoms with Crippen molar-refractivity contribution in [2.75, 3.05) is 0 Å². The average molecular weight is 254 g/mol. The SMILES string of the molecule is O=C(NO)c1ccc2oc(-c3ccccc3)nc2c1. The summed E-state index contributed by atoms with van der Waals surface area (Å²) in [7, 11) is 0. The topological polar surface area (TPSA) is 75.4 Å². The molecule has 3 aromatic rings. The number of benzene rings is 2. The number of carbonyl (C=O) groups is 1. The fraction of sp³-hybridized carbons (Fsp3) is 0. The maximum atomic E-state index is 11.3. The van der Waals surface area contributed by atoms with Gasteiger partial charge in [0.25, 0.3) is 5.91 Å². The first kappa shape index (κ1) is 11.4. The molecule has 0 radical (unpaired) electrons. The Bertz CT molecular complexity index is 735. The monoisotopic (exact) mass is 254 g/mol. The molecule has 0 bridgehead atoms. The van der Waals surface area contributed by atoms with E-state index in [9.17, 15) is 4.79 Å². The normalized spacial score (nSPS) is 10.6. The third-order valence-corrected chi connectivity index (χ3v) is 2.77. The van der Waals surface area contributed by atoms with Crippen LogP contribution in [-0.4, -0.2) is 16.1 Å². The minimum absolute atomic E-state index is 0.322. The molecule has 0 aliphatic rings. The van der Waals surface area contributed by atoms with E-state index in [1.165, 1.54) is 0 Å². The summed E-state index contributed by atoms with van der Waals surface area (Å²) in [5.74, 6) is -0.0803. The number of fused-ring (bicyclic) bond motifs is 1. The lowest BCUT2D eigenvalue weighted by atomic mass is 10.2. The molecule has 0 unspecified atom stereocenters. The third kappa shape index (κ3) is 2.07. The number of amides is 1. The molecular formula is C14H10N2O3. The van der Waals surface area contributed by atoms with Crippen LogP contribution in [-0.2, 0) is 0 Å². The Kier molecular flexibility index (Phi) is 2.74. The highest BCUT2D eigenvalue weighted by Gasteiger charge is 2.11. The van der Waals surface area contributed by atoms with Gasteiger partial charge >= 0.3 is 0 Å². The minimum atomic E-state index is -0.578. The van der Waals surface area contributed by atoms with Crippen LogP contribution in [0.4, 0.5) is 0 Å². The Labute approximate surface area is 108 Å². The van der Waals surface area contributed by atoms with Gasteiger partial charge in [0.15, 0.2) is 5.58 Å². The maximum Gasteiger partial charge on any atom is 0.274 e. The van der Waals surface area contributed by atoms with Crippen molar-refractivity contribution in [2.24, 2.45) is 0 Å². The molecule has 1 amide bonds. The largest absolute Gasteiger partial charge is 0.436 e. The van der Waals surface area contributed by atoms with Gasteiger partial charge in [-0.3, -0.25) is 10.0 Å². The second-order valence-corrected chi connectivity index (χ2v) is 4.01. The second-order valence-electron chi connectivity index (χ2n) is 4.01. The molecule has 0 atom stereocenters. The van der Waals surface area contributed by atoms with Crippen LogP contribution in [0.3, 0.4) is 0 Å². The number of nitrogens with zero attached hydrogens (tertiary/aromatic N) is 1. The van der Waals surface area contributed by atoms with E-state index in [1.54, 1.807) is 23.7 Å². The molecule has 19 heavy (non-hydrogen) atoms. The first-order chi connectivity index (χ1) is 9.28. The van der Waals surface area contributed by atoms with E-state index in [4.69, 9.17) is 9.62 Å². The molecule has 2 aromatic carbocycles. The lowest BCUT2D eigenvalue weighted by molar-refractivity contribution is 0.0706. The first-order valence-electron chi connectivity index (χ1n) is 5.68. The van der Waals surface area contributed by atoms with Gasteiger partial charge in [-0.2, -0.15) is 0 Å². The van der Waals surface area contributed by atoms with E-state index >= 15 is 0 Å². The molecule has 5 nitrogen and oxygen atoms in total. The highest BCUT2D eigenvalue weighted by molar-refractivity contribution is 5.96. The summed E-state index contributed by atoms with van der Waals surface area (Å²) in [6, 6.07) is 14.3. The number of oxazole rings is 1. The summed E-state index contributed by atoms with van der Waals surface area (Å²) >= 11 is 0. The summed E-state index contributed by atoms with van der Waals surface area (Å²) in [5, 5.41) is 8.60. The van der Waals surface area contributed by atoms with Crippen molar-refractivity contribution in [2.45, 2.75) is 0 Å². The molecule has 3 rings (SSSR count). The Balaban J connectivity index is 2.09. The van der Waals surface area contributed by atoms with E-state index in [2.05, 4.69) is 4.98 Å². The first-order valence-corrected chi connectivity index (χ1v) is 5.68. The molecule has 94 valence electrons. The number of hydrogen-bond acceptors (Lipinski definition) is 4. The molecule has 0 aliphatic heterocycles. The van der Waals surface area contributed by atoms with Crippen LogP contribution in [0.2, 0.25) is 0 Å². The van der Waals surface area contributed by atoms with Gasteiger partial charge in [0.05, 0.1) is 0 Å². The van der Waals surface area contributed by atoms with Crippen molar-refractivity contribution < 1.29 is 14.4 Å². The smallest absolute Gasteiger partial charge is 0.274 e. The highest BCUT2D eigenvalue weighted by Crippen LogP contribution is 2.24. The van der Waals surface area contributed by atoms with E-state index < -0.39 is 5.91 Å². The number of hydroxylamine groups is 1. The van der Waals surface area contributed by atoms with Gasteiger partial charge in [-0.05, 0) is 30.3 Å². The third-order valence-electron chi connectivity index (χ3n) is 2.77. The molecule has 0 aliphatic carbocycles. The van der Waals surface area contributed by atoms with E-state index in [-0.39, 0.29) is 0 Å². The Morgan fingerprint density at radius 3 is 2.68 bits per heavy atom. The van der Waals surface area contributed by atoms with Crippen LogP contribution < -0.4 is 5.48 Å². The van der Waals surface area contributed by atoms with Gasteiger partial charge in [-0.1, -0.05) is 18.2 Å². The molecule has 0 saturated carbocycles. The zero-order chi connectivity index (χ0) is 13.2. The summed E-state index contributed by atoms with van der Waals surface area (Å²) in [6.45, 7) is 0. The fourth-order valence-electron chi connectivity index (χ4n) is 1.84. The lowest BCUT2D eigenvalue weighted by Gasteiger charge is -1.96. The quantitative estimate of drug-likeness (QED) is 0.544. The predicted octanol–water partition coefficient (Wildman–Crippen LogP) is 2.61. The lowest BCUT2D eigenvalue weighted by Crippen LogP contribution is -2.18. The van der Waals surface area contributed by atoms with Crippen molar-refractivity contribution in [3.63, 3.8) is 0 Å². The second kappa shape index (κ2) is 4.55. The van der Waals surface area contributed by atoms with Crippen molar-refractivity contribution in [1.82, 2.24) is 10.5 Å². The number of rotatable bonds is 2. The van der Waals surface area contributed by atoms with Gasteiger partial charge in [-0.25, -0.2) is 10.5 Å². The fourth-order valence-corrected chi connectivity index (χ4v) is 1.84. The maximum absolute atomic E-state index is 11.3. The number of nitrogens with one attached hydrogen (secondary N) is 1. The van der Waals surface area contributed by atoms with Crippen molar-refractivity contribution in [3.05, 3.63) is 54.1 Å². The van der Waals surface area contributed by atoms with Crippen molar-refractivity contribution in [3.8, 4) is 11.5 Å². The molecule has 1 aromatic heterocycles. The molecule has 5 heteroatoms. The standard InChI is InChI=1S/C14H10N2O3/c17-13(16-18)10-6-7-12-11(8-10)15-14(19-12)9-4-2-1-3-5-9/h1-8,18H,(H,16,17). The van der Waals surface area contributed by atoms with Gasteiger partial charge in [-0.15, -0.1) is 0 Å². The molecule has 2 N–H and O–H groups in total. The summed E-state index contributed by atoms with van der Waals surface area (Å²) in [4.78, 5) is 15.6. The van der Waals surface area contributed by atoms with E-state index in [1.807, 2.05) is 30.3 Å². The van der Waals surface area contributed by atoms with Crippen LogP contribution in [0.25, 0.3) is 22.6 Å². The summed E-state index contributed by atoms with van der Waals surface area (Å²) in [5.41, 5.74) is 3.94. The van der Waals surface area contributed by atoms with Crippen LogP contribution in [0, 0.1) is 0 Å². The van der Waals surface area contributed by atoms with Gasteiger partial charge in [0.1, 0.15) is 5.52 Å². The predicted molar refractivity (Wildman–Crippen MR) is 68.7 cm³/mol.